The predicted molar refractivity (Wildman–Crippen MR) is 120 cm³/mol. The summed E-state index contributed by atoms with van der Waals surface area (Å²) in [5.41, 5.74) is 2.50. The van der Waals surface area contributed by atoms with Crippen molar-refractivity contribution < 1.29 is 24.2 Å². The first-order valence-corrected chi connectivity index (χ1v) is 10.5. The topological polar surface area (TPSA) is 84.9 Å². The molecule has 1 amide bonds. The molecule has 0 heterocycles. The summed E-state index contributed by atoms with van der Waals surface area (Å²) in [7, 11) is 0. The Bertz CT molecular complexity index is 1010. The van der Waals surface area contributed by atoms with Gasteiger partial charge < -0.3 is 19.9 Å². The van der Waals surface area contributed by atoms with Crippen LogP contribution in [0.1, 0.15) is 29.2 Å². The molecule has 0 bridgehead atoms. The van der Waals surface area contributed by atoms with Gasteiger partial charge in [0.1, 0.15) is 19.0 Å². The Kier molecular flexibility index (Phi) is 8.06. The lowest BCUT2D eigenvalue weighted by molar-refractivity contribution is -0.137. The van der Waals surface area contributed by atoms with Crippen LogP contribution in [0.3, 0.4) is 0 Å². The minimum absolute atomic E-state index is 0.0996. The van der Waals surface area contributed by atoms with Gasteiger partial charge in [-0.25, -0.2) is 4.79 Å². The molecule has 3 rings (SSSR count). The highest BCUT2D eigenvalue weighted by atomic mass is 79.9. The third kappa shape index (κ3) is 7.15. The third-order valence-electron chi connectivity index (χ3n) is 4.48. The minimum atomic E-state index is -1.03. The van der Waals surface area contributed by atoms with Crippen LogP contribution in [0, 0.1) is 0 Å². The maximum Gasteiger partial charge on any atom is 0.407 e. The average Bonchev–Trinajstić information content (AvgIpc) is 2.77. The summed E-state index contributed by atoms with van der Waals surface area (Å²) < 4.78 is 11.7. The molecular formula is C24H22BrNO5. The molecule has 3 aromatic carbocycles. The number of aliphatic carboxylic acids is 1. The van der Waals surface area contributed by atoms with E-state index in [-0.39, 0.29) is 13.0 Å². The summed E-state index contributed by atoms with van der Waals surface area (Å²) in [5, 5.41) is 11.9. The Hall–Kier alpha value is -3.32. The van der Waals surface area contributed by atoms with Gasteiger partial charge in [0.05, 0.1) is 16.9 Å². The predicted octanol–water partition coefficient (Wildman–Crippen LogP) is 5.47. The second-order valence-electron chi connectivity index (χ2n) is 6.82. The van der Waals surface area contributed by atoms with Crippen molar-refractivity contribution in [1.82, 2.24) is 5.32 Å². The summed E-state index contributed by atoms with van der Waals surface area (Å²) in [6, 6.07) is 23.5. The van der Waals surface area contributed by atoms with E-state index >= 15 is 0 Å². The Morgan fingerprint density at radius 3 is 2.10 bits per heavy atom. The second-order valence-corrected chi connectivity index (χ2v) is 7.67. The monoisotopic (exact) mass is 483 g/mol. The van der Waals surface area contributed by atoms with E-state index < -0.39 is 18.1 Å². The molecule has 160 valence electrons. The fourth-order valence-electron chi connectivity index (χ4n) is 2.92. The van der Waals surface area contributed by atoms with Crippen LogP contribution in [0.5, 0.6) is 5.75 Å². The first-order valence-electron chi connectivity index (χ1n) is 9.66. The lowest BCUT2D eigenvalue weighted by Gasteiger charge is -2.19. The van der Waals surface area contributed by atoms with Crippen LogP contribution in [-0.4, -0.2) is 17.2 Å². The molecular weight excluding hydrogens is 462 g/mol. The molecule has 6 nitrogen and oxygen atoms in total. The number of alkyl carbamates (subject to hydrolysis) is 1. The van der Waals surface area contributed by atoms with E-state index in [9.17, 15) is 14.7 Å². The van der Waals surface area contributed by atoms with Gasteiger partial charge in [-0.15, -0.1) is 0 Å². The average molecular weight is 484 g/mol. The van der Waals surface area contributed by atoms with Gasteiger partial charge in [-0.3, -0.25) is 4.79 Å². The van der Waals surface area contributed by atoms with Gasteiger partial charge in [0.15, 0.2) is 0 Å². The molecule has 0 saturated heterocycles. The Labute approximate surface area is 188 Å². The standard InChI is InChI=1S/C24H22BrNO5/c25-20-13-19(11-12-22(20)30-15-17-7-3-1-4-8-17)21(14-23(27)28)26-24(29)31-16-18-9-5-2-6-10-18/h1-13,21H,14-16H2,(H,26,29)(H,27,28)/t21-/m0/s1. The molecule has 0 aliphatic carbocycles. The maximum atomic E-state index is 12.2. The first kappa shape index (κ1) is 22.4. The molecule has 0 aromatic heterocycles. The fraction of sp³-hybridized carbons (Fsp3) is 0.167. The molecule has 3 aromatic rings. The maximum absolute atomic E-state index is 12.2. The normalized spacial score (nSPS) is 11.4. The minimum Gasteiger partial charge on any atom is -0.488 e. The van der Waals surface area contributed by atoms with Crippen molar-refractivity contribution in [2.75, 3.05) is 0 Å². The van der Waals surface area contributed by atoms with E-state index in [1.807, 2.05) is 60.7 Å². The fourth-order valence-corrected chi connectivity index (χ4v) is 3.43. The highest BCUT2D eigenvalue weighted by Gasteiger charge is 2.20. The van der Waals surface area contributed by atoms with Crippen LogP contribution in [0.25, 0.3) is 0 Å². The molecule has 1 atom stereocenters. The van der Waals surface area contributed by atoms with Crippen LogP contribution >= 0.6 is 15.9 Å². The molecule has 0 aliphatic heterocycles. The summed E-state index contributed by atoms with van der Waals surface area (Å²) in [5.74, 6) is -0.415. The number of carbonyl (C=O) groups is 2. The van der Waals surface area contributed by atoms with Gasteiger partial charge in [0, 0.05) is 0 Å². The number of rotatable bonds is 9. The number of ether oxygens (including phenoxy) is 2. The van der Waals surface area contributed by atoms with E-state index in [1.54, 1.807) is 18.2 Å². The third-order valence-corrected chi connectivity index (χ3v) is 5.10. The van der Waals surface area contributed by atoms with Gasteiger partial charge in [0.2, 0.25) is 0 Å². The largest absolute Gasteiger partial charge is 0.488 e. The zero-order chi connectivity index (χ0) is 22.1. The van der Waals surface area contributed by atoms with Crippen LogP contribution in [0.15, 0.2) is 83.3 Å². The SMILES string of the molecule is O=C(O)C[C@H](NC(=O)OCc1ccccc1)c1ccc(OCc2ccccc2)c(Br)c1. The lowest BCUT2D eigenvalue weighted by Crippen LogP contribution is -2.30. The summed E-state index contributed by atoms with van der Waals surface area (Å²) in [6.45, 7) is 0.504. The summed E-state index contributed by atoms with van der Waals surface area (Å²) >= 11 is 3.47. The van der Waals surface area contributed by atoms with Crippen LogP contribution < -0.4 is 10.1 Å². The van der Waals surface area contributed by atoms with E-state index in [1.165, 1.54) is 0 Å². The molecule has 0 unspecified atom stereocenters. The zero-order valence-corrected chi connectivity index (χ0v) is 18.2. The molecule has 0 saturated carbocycles. The molecule has 31 heavy (non-hydrogen) atoms. The zero-order valence-electron chi connectivity index (χ0n) is 16.7. The van der Waals surface area contributed by atoms with E-state index in [0.29, 0.717) is 22.4 Å². The first-order chi connectivity index (χ1) is 15.0. The van der Waals surface area contributed by atoms with Crippen molar-refractivity contribution >= 4 is 28.0 Å². The molecule has 7 heteroatoms. The van der Waals surface area contributed by atoms with Crippen molar-refractivity contribution in [2.45, 2.75) is 25.7 Å². The van der Waals surface area contributed by atoms with Crippen molar-refractivity contribution in [3.8, 4) is 5.75 Å². The molecule has 2 N–H and O–H groups in total. The van der Waals surface area contributed by atoms with Crippen molar-refractivity contribution in [3.63, 3.8) is 0 Å². The Balaban J connectivity index is 1.64. The van der Waals surface area contributed by atoms with Gasteiger partial charge in [-0.1, -0.05) is 66.7 Å². The highest BCUT2D eigenvalue weighted by molar-refractivity contribution is 9.10. The van der Waals surface area contributed by atoms with E-state index in [0.717, 1.165) is 11.1 Å². The number of amides is 1. The Morgan fingerprint density at radius 2 is 1.52 bits per heavy atom. The smallest absolute Gasteiger partial charge is 0.407 e. The highest BCUT2D eigenvalue weighted by Crippen LogP contribution is 2.30. The molecule has 0 spiro atoms. The number of carboxylic acid groups (broad SMARTS) is 1. The van der Waals surface area contributed by atoms with Crippen molar-refractivity contribution in [1.29, 1.82) is 0 Å². The number of benzene rings is 3. The number of halogens is 1. The quantitative estimate of drug-likeness (QED) is 0.421. The number of carboxylic acids is 1. The Morgan fingerprint density at radius 1 is 0.903 bits per heavy atom. The number of hydrogen-bond donors (Lipinski definition) is 2. The van der Waals surface area contributed by atoms with Gasteiger partial charge in [0.25, 0.3) is 0 Å². The van der Waals surface area contributed by atoms with E-state index in [4.69, 9.17) is 9.47 Å². The number of hydrogen-bond acceptors (Lipinski definition) is 4. The summed E-state index contributed by atoms with van der Waals surface area (Å²) in [4.78, 5) is 23.6. The van der Waals surface area contributed by atoms with Crippen molar-refractivity contribution in [3.05, 3.63) is 100 Å². The second kappa shape index (κ2) is 11.2. The molecule has 0 aliphatic rings. The van der Waals surface area contributed by atoms with Gasteiger partial charge in [-0.05, 0) is 44.8 Å². The van der Waals surface area contributed by atoms with Crippen molar-refractivity contribution in [2.24, 2.45) is 0 Å². The van der Waals surface area contributed by atoms with Crippen LogP contribution in [0.2, 0.25) is 0 Å². The van der Waals surface area contributed by atoms with Gasteiger partial charge in [-0.2, -0.15) is 0 Å². The van der Waals surface area contributed by atoms with E-state index in [2.05, 4.69) is 21.2 Å². The van der Waals surface area contributed by atoms with Crippen LogP contribution in [-0.2, 0) is 22.7 Å². The molecule has 0 fully saturated rings. The number of carbonyl (C=O) groups excluding carboxylic acids is 1. The van der Waals surface area contributed by atoms with Crippen LogP contribution in [0.4, 0.5) is 4.79 Å². The molecule has 0 radical (unpaired) electrons. The van der Waals surface area contributed by atoms with Gasteiger partial charge >= 0.3 is 12.1 Å². The summed E-state index contributed by atoms with van der Waals surface area (Å²) in [6.07, 6.45) is -0.965. The number of nitrogens with one attached hydrogen (secondary N) is 1. The lowest BCUT2D eigenvalue weighted by atomic mass is 10.0.